The summed E-state index contributed by atoms with van der Waals surface area (Å²) in [6.45, 7) is 3.42. The van der Waals surface area contributed by atoms with Crippen molar-refractivity contribution in [2.75, 3.05) is 13.1 Å². The van der Waals surface area contributed by atoms with E-state index in [0.717, 1.165) is 26.1 Å². The van der Waals surface area contributed by atoms with Crippen molar-refractivity contribution in [3.05, 3.63) is 58.3 Å². The molecule has 0 saturated heterocycles. The summed E-state index contributed by atoms with van der Waals surface area (Å²) in [6, 6.07) is 8.35. The average Bonchev–Trinajstić information content (AvgIpc) is 3.36. The van der Waals surface area contributed by atoms with Gasteiger partial charge in [0.25, 0.3) is 5.91 Å². The molecule has 4 rings (SSSR count). The Kier molecular flexibility index (Phi) is 4.85. The number of rotatable bonds is 6. The summed E-state index contributed by atoms with van der Waals surface area (Å²) in [5, 5.41) is 13.7. The highest BCUT2D eigenvalue weighted by atomic mass is 32.1. The highest BCUT2D eigenvalue weighted by Crippen LogP contribution is 2.25. The Balaban J connectivity index is 1.37. The normalized spacial score (nSPS) is 17.2. The number of nitrogens with zero attached hydrogens (tertiary/aromatic N) is 5. The van der Waals surface area contributed by atoms with Gasteiger partial charge in [0.1, 0.15) is 5.69 Å². The molecule has 8 heteroatoms. The molecule has 1 aliphatic heterocycles. The fraction of sp³-hybridized carbons (Fsp3) is 0.389. The predicted octanol–water partition coefficient (Wildman–Crippen LogP) is 2.06. The van der Waals surface area contributed by atoms with Crippen LogP contribution in [0.3, 0.4) is 0 Å². The first-order chi connectivity index (χ1) is 12.7. The second kappa shape index (κ2) is 7.43. The van der Waals surface area contributed by atoms with Crippen LogP contribution in [0.15, 0.2) is 42.0 Å². The van der Waals surface area contributed by atoms with E-state index in [1.165, 1.54) is 10.6 Å². The van der Waals surface area contributed by atoms with E-state index in [4.69, 9.17) is 0 Å². The van der Waals surface area contributed by atoms with Crippen molar-refractivity contribution in [2.24, 2.45) is 7.05 Å². The van der Waals surface area contributed by atoms with E-state index in [9.17, 15) is 4.79 Å². The molecule has 1 N–H and O–H groups in total. The summed E-state index contributed by atoms with van der Waals surface area (Å²) in [7, 11) is 1.77. The van der Waals surface area contributed by atoms with Crippen molar-refractivity contribution < 1.29 is 4.79 Å². The molecule has 136 valence electrons. The lowest BCUT2D eigenvalue weighted by atomic mass is 10.1. The van der Waals surface area contributed by atoms with Gasteiger partial charge in [-0.25, -0.2) is 0 Å². The van der Waals surface area contributed by atoms with Crippen molar-refractivity contribution in [1.29, 1.82) is 0 Å². The Labute approximate surface area is 156 Å². The Morgan fingerprint density at radius 3 is 2.96 bits per heavy atom. The van der Waals surface area contributed by atoms with Crippen molar-refractivity contribution in [3.8, 4) is 0 Å². The number of carbonyl (C=O) groups excluding carboxylic acids is 1. The average molecular weight is 370 g/mol. The predicted molar refractivity (Wildman–Crippen MR) is 99.9 cm³/mol. The molecule has 4 heterocycles. The summed E-state index contributed by atoms with van der Waals surface area (Å²) in [5.41, 5.74) is 1.81. The highest BCUT2D eigenvalue weighted by molar-refractivity contribution is 7.09. The first-order valence-corrected chi connectivity index (χ1v) is 9.62. The van der Waals surface area contributed by atoms with E-state index in [-0.39, 0.29) is 11.9 Å². The van der Waals surface area contributed by atoms with Crippen LogP contribution in [0.4, 0.5) is 0 Å². The van der Waals surface area contributed by atoms with Gasteiger partial charge in [0.2, 0.25) is 0 Å². The summed E-state index contributed by atoms with van der Waals surface area (Å²) >= 11 is 1.79. The lowest BCUT2D eigenvalue weighted by Crippen LogP contribution is -2.39. The van der Waals surface area contributed by atoms with Crippen molar-refractivity contribution in [3.63, 3.8) is 0 Å². The number of amides is 1. The summed E-state index contributed by atoms with van der Waals surface area (Å²) in [6.07, 6.45) is 4.35. The number of hydrogen-bond acceptors (Lipinski definition) is 5. The lowest BCUT2D eigenvalue weighted by Gasteiger charge is -2.33. The van der Waals surface area contributed by atoms with Crippen molar-refractivity contribution >= 4 is 17.2 Å². The van der Waals surface area contributed by atoms with Crippen LogP contribution in [0.5, 0.6) is 0 Å². The molecule has 1 amide bonds. The molecule has 0 spiro atoms. The third kappa shape index (κ3) is 3.56. The fourth-order valence-electron chi connectivity index (χ4n) is 3.46. The minimum Gasteiger partial charge on any atom is -0.351 e. The number of aryl methyl sites for hydroxylation is 1. The second-order valence-electron chi connectivity index (χ2n) is 6.55. The minimum absolute atomic E-state index is 0.0862. The van der Waals surface area contributed by atoms with Gasteiger partial charge in [-0.15, -0.1) is 11.3 Å². The first kappa shape index (κ1) is 17.0. The Morgan fingerprint density at radius 1 is 1.31 bits per heavy atom. The van der Waals surface area contributed by atoms with Gasteiger partial charge in [0.15, 0.2) is 0 Å². The molecule has 3 aromatic heterocycles. The molecule has 0 aromatic carbocycles. The zero-order chi connectivity index (χ0) is 17.9. The quantitative estimate of drug-likeness (QED) is 0.721. The molecule has 0 saturated carbocycles. The van der Waals surface area contributed by atoms with E-state index in [1.54, 1.807) is 35.3 Å². The van der Waals surface area contributed by atoms with Crippen LogP contribution in [0.1, 0.15) is 33.5 Å². The maximum Gasteiger partial charge on any atom is 0.269 e. The number of carbonyl (C=O) groups is 1. The smallest absolute Gasteiger partial charge is 0.269 e. The van der Waals surface area contributed by atoms with E-state index in [0.29, 0.717) is 12.2 Å². The largest absolute Gasteiger partial charge is 0.351 e. The standard InChI is InChI=1S/C18H22N6OS/c1-22-17(6-9-20-22)18(25)19-7-4-14-11-23(13-16-3-2-10-26-16)12-15-5-8-21-24(14)15/h2-3,5-6,8-10,14H,4,7,11-13H2,1H3,(H,19,25)/t14-/m1/s1. The number of thiophene rings is 1. The molecule has 3 aromatic rings. The van der Waals surface area contributed by atoms with E-state index < -0.39 is 0 Å². The van der Waals surface area contributed by atoms with E-state index >= 15 is 0 Å². The number of nitrogens with one attached hydrogen (secondary N) is 1. The molecule has 0 aliphatic carbocycles. The third-order valence-corrected chi connectivity index (χ3v) is 5.59. The maximum atomic E-state index is 12.2. The van der Waals surface area contributed by atoms with Gasteiger partial charge >= 0.3 is 0 Å². The first-order valence-electron chi connectivity index (χ1n) is 8.74. The number of aromatic nitrogens is 4. The van der Waals surface area contributed by atoms with Gasteiger partial charge in [0.05, 0.1) is 11.7 Å². The molecule has 1 aliphatic rings. The summed E-state index contributed by atoms with van der Waals surface area (Å²) in [4.78, 5) is 16.1. The van der Waals surface area contributed by atoms with Crippen LogP contribution in [-0.2, 0) is 20.1 Å². The van der Waals surface area contributed by atoms with Crippen LogP contribution in [0.2, 0.25) is 0 Å². The van der Waals surface area contributed by atoms with Gasteiger partial charge in [-0.05, 0) is 30.0 Å². The topological polar surface area (TPSA) is 68.0 Å². The zero-order valence-corrected chi connectivity index (χ0v) is 15.5. The van der Waals surface area contributed by atoms with Crippen LogP contribution in [0, 0.1) is 0 Å². The minimum atomic E-state index is -0.0862. The van der Waals surface area contributed by atoms with Gasteiger partial charge in [-0.1, -0.05) is 6.07 Å². The molecule has 0 bridgehead atoms. The third-order valence-electron chi connectivity index (χ3n) is 4.73. The van der Waals surface area contributed by atoms with Crippen molar-refractivity contribution in [2.45, 2.75) is 25.6 Å². The molecule has 0 unspecified atom stereocenters. The molecular weight excluding hydrogens is 348 g/mol. The molecule has 1 atom stereocenters. The van der Waals surface area contributed by atoms with Crippen molar-refractivity contribution in [1.82, 2.24) is 29.8 Å². The number of hydrogen-bond donors (Lipinski definition) is 1. The SMILES string of the molecule is Cn1nccc1C(=O)NCC[C@@H]1CN(Cc2cccs2)Cc2ccnn21. The molecule has 26 heavy (non-hydrogen) atoms. The van der Waals surface area contributed by atoms with Gasteiger partial charge < -0.3 is 5.32 Å². The zero-order valence-electron chi connectivity index (χ0n) is 14.7. The van der Waals surface area contributed by atoms with Crippen LogP contribution in [-0.4, -0.2) is 43.5 Å². The Bertz CT molecular complexity index is 868. The Hall–Kier alpha value is -2.45. The molecule has 7 nitrogen and oxygen atoms in total. The van der Waals surface area contributed by atoms with Gasteiger partial charge in [0, 0.05) is 50.5 Å². The van der Waals surface area contributed by atoms with Gasteiger partial charge in [-0.3, -0.25) is 19.1 Å². The second-order valence-corrected chi connectivity index (χ2v) is 7.59. The molecule has 0 fully saturated rings. The van der Waals surface area contributed by atoms with E-state index in [1.807, 2.05) is 6.20 Å². The van der Waals surface area contributed by atoms with Gasteiger partial charge in [-0.2, -0.15) is 10.2 Å². The van der Waals surface area contributed by atoms with Crippen LogP contribution in [0.25, 0.3) is 0 Å². The van der Waals surface area contributed by atoms with E-state index in [2.05, 4.69) is 48.7 Å². The maximum absolute atomic E-state index is 12.2. The summed E-state index contributed by atoms with van der Waals surface area (Å²) < 4.78 is 3.70. The number of fused-ring (bicyclic) bond motifs is 1. The highest BCUT2D eigenvalue weighted by Gasteiger charge is 2.25. The fourth-order valence-corrected chi connectivity index (χ4v) is 4.21. The lowest BCUT2D eigenvalue weighted by molar-refractivity contribution is 0.0937. The molecule has 0 radical (unpaired) electrons. The summed E-state index contributed by atoms with van der Waals surface area (Å²) in [5.74, 6) is -0.0862. The Morgan fingerprint density at radius 2 is 2.19 bits per heavy atom. The van der Waals surface area contributed by atoms with Crippen LogP contribution >= 0.6 is 11.3 Å². The molecular formula is C18H22N6OS. The monoisotopic (exact) mass is 370 g/mol. The van der Waals surface area contributed by atoms with Crippen LogP contribution < -0.4 is 5.32 Å².